The van der Waals surface area contributed by atoms with Crippen molar-refractivity contribution in [2.75, 3.05) is 0 Å². The van der Waals surface area contributed by atoms with Gasteiger partial charge in [-0.15, -0.1) is 0 Å². The van der Waals surface area contributed by atoms with Crippen LogP contribution in [0.25, 0.3) is 11.1 Å². The SMILES string of the molecule is CCCCCCCCCc1c(CC)ccc(O)c1-c1ccccc1. The third-order valence-electron chi connectivity index (χ3n) is 4.86. The lowest BCUT2D eigenvalue weighted by molar-refractivity contribution is 0.476. The van der Waals surface area contributed by atoms with Crippen LogP contribution in [0, 0.1) is 0 Å². The van der Waals surface area contributed by atoms with Gasteiger partial charge in [-0.25, -0.2) is 0 Å². The Morgan fingerprint density at radius 3 is 2.08 bits per heavy atom. The molecule has 0 aromatic heterocycles. The van der Waals surface area contributed by atoms with Crippen LogP contribution in [0.2, 0.25) is 0 Å². The third kappa shape index (κ3) is 5.12. The van der Waals surface area contributed by atoms with E-state index in [-0.39, 0.29) is 0 Å². The minimum atomic E-state index is 0.413. The molecule has 2 aromatic rings. The fourth-order valence-corrected chi connectivity index (χ4v) is 3.48. The number of phenols is 1. The second-order valence-electron chi connectivity index (χ2n) is 6.69. The number of phenolic OH excluding ortho intramolecular Hbond substituents is 1. The average Bonchev–Trinajstić information content (AvgIpc) is 2.62. The molecule has 0 aliphatic carbocycles. The first kappa shape index (κ1) is 18.6. The molecule has 0 atom stereocenters. The standard InChI is InChI=1S/C23H32O/c1-3-5-6-7-8-9-13-16-21-19(4-2)17-18-22(24)23(21)20-14-11-10-12-15-20/h10-12,14-15,17-18,24H,3-9,13,16H2,1-2H3. The van der Waals surface area contributed by atoms with E-state index in [2.05, 4.69) is 32.0 Å². The Balaban J connectivity index is 2.08. The summed E-state index contributed by atoms with van der Waals surface area (Å²) in [5, 5.41) is 10.5. The molecule has 1 N–H and O–H groups in total. The summed E-state index contributed by atoms with van der Waals surface area (Å²) in [5.41, 5.74) is 4.89. The summed E-state index contributed by atoms with van der Waals surface area (Å²) in [5.74, 6) is 0.413. The van der Waals surface area contributed by atoms with Gasteiger partial charge in [0.05, 0.1) is 0 Å². The molecule has 0 heterocycles. The minimum absolute atomic E-state index is 0.413. The van der Waals surface area contributed by atoms with Gasteiger partial charge in [0.25, 0.3) is 0 Å². The largest absolute Gasteiger partial charge is 0.507 e. The normalized spacial score (nSPS) is 10.9. The molecule has 0 spiro atoms. The molecule has 2 rings (SSSR count). The summed E-state index contributed by atoms with van der Waals surface area (Å²) in [4.78, 5) is 0. The van der Waals surface area contributed by atoms with Crippen molar-refractivity contribution >= 4 is 0 Å². The number of hydrogen-bond acceptors (Lipinski definition) is 1. The van der Waals surface area contributed by atoms with Gasteiger partial charge in [-0.05, 0) is 42.0 Å². The smallest absolute Gasteiger partial charge is 0.123 e. The fraction of sp³-hybridized carbons (Fsp3) is 0.478. The third-order valence-corrected chi connectivity index (χ3v) is 4.86. The van der Waals surface area contributed by atoms with Gasteiger partial charge in [-0.3, -0.25) is 0 Å². The lowest BCUT2D eigenvalue weighted by atomic mass is 9.90. The summed E-state index contributed by atoms with van der Waals surface area (Å²) in [6, 6.07) is 14.3. The predicted molar refractivity (Wildman–Crippen MR) is 105 cm³/mol. The van der Waals surface area contributed by atoms with Crippen molar-refractivity contribution in [1.82, 2.24) is 0 Å². The van der Waals surface area contributed by atoms with Crippen LogP contribution < -0.4 is 0 Å². The van der Waals surface area contributed by atoms with E-state index in [1.54, 1.807) is 0 Å². The highest BCUT2D eigenvalue weighted by atomic mass is 16.3. The fourth-order valence-electron chi connectivity index (χ4n) is 3.48. The van der Waals surface area contributed by atoms with Gasteiger partial charge in [0.15, 0.2) is 0 Å². The minimum Gasteiger partial charge on any atom is -0.507 e. The van der Waals surface area contributed by atoms with Crippen molar-refractivity contribution in [2.45, 2.75) is 71.6 Å². The van der Waals surface area contributed by atoms with E-state index in [1.807, 2.05) is 24.3 Å². The highest BCUT2D eigenvalue weighted by molar-refractivity contribution is 5.75. The molecule has 130 valence electrons. The Labute approximate surface area is 147 Å². The van der Waals surface area contributed by atoms with Crippen LogP contribution in [0.3, 0.4) is 0 Å². The van der Waals surface area contributed by atoms with E-state index < -0.39 is 0 Å². The van der Waals surface area contributed by atoms with Crippen LogP contribution in [-0.4, -0.2) is 5.11 Å². The second-order valence-corrected chi connectivity index (χ2v) is 6.69. The van der Waals surface area contributed by atoms with Crippen LogP contribution >= 0.6 is 0 Å². The molecular weight excluding hydrogens is 292 g/mol. The van der Waals surface area contributed by atoms with Gasteiger partial charge in [0.1, 0.15) is 5.75 Å². The van der Waals surface area contributed by atoms with E-state index in [1.165, 1.54) is 56.1 Å². The highest BCUT2D eigenvalue weighted by Crippen LogP contribution is 2.36. The van der Waals surface area contributed by atoms with Gasteiger partial charge in [-0.1, -0.05) is 88.8 Å². The van der Waals surface area contributed by atoms with E-state index >= 15 is 0 Å². The second kappa shape index (κ2) is 10.2. The Morgan fingerprint density at radius 1 is 0.750 bits per heavy atom. The Hall–Kier alpha value is -1.76. The highest BCUT2D eigenvalue weighted by Gasteiger charge is 2.13. The van der Waals surface area contributed by atoms with Gasteiger partial charge in [0.2, 0.25) is 0 Å². The van der Waals surface area contributed by atoms with Crippen molar-refractivity contribution in [2.24, 2.45) is 0 Å². The number of aryl methyl sites for hydroxylation is 1. The molecule has 0 radical (unpaired) electrons. The number of benzene rings is 2. The maximum Gasteiger partial charge on any atom is 0.123 e. The molecule has 0 fully saturated rings. The van der Waals surface area contributed by atoms with Gasteiger partial charge in [-0.2, -0.15) is 0 Å². The quantitative estimate of drug-likeness (QED) is 0.470. The van der Waals surface area contributed by atoms with Gasteiger partial charge < -0.3 is 5.11 Å². The zero-order valence-electron chi connectivity index (χ0n) is 15.4. The van der Waals surface area contributed by atoms with Crippen LogP contribution in [0.5, 0.6) is 5.75 Å². The zero-order valence-corrected chi connectivity index (χ0v) is 15.4. The van der Waals surface area contributed by atoms with E-state index in [9.17, 15) is 5.11 Å². The summed E-state index contributed by atoms with van der Waals surface area (Å²) < 4.78 is 0. The number of hydrogen-bond donors (Lipinski definition) is 1. The molecule has 0 bridgehead atoms. The number of unbranched alkanes of at least 4 members (excludes halogenated alkanes) is 6. The first-order chi connectivity index (χ1) is 11.8. The first-order valence-corrected chi connectivity index (χ1v) is 9.67. The van der Waals surface area contributed by atoms with E-state index in [0.717, 1.165) is 24.0 Å². The van der Waals surface area contributed by atoms with Crippen molar-refractivity contribution in [3.05, 3.63) is 53.6 Å². The molecule has 2 aromatic carbocycles. The molecule has 1 heteroatoms. The molecule has 1 nitrogen and oxygen atoms in total. The lowest BCUT2D eigenvalue weighted by Crippen LogP contribution is -1.98. The molecule has 0 aliphatic rings. The van der Waals surface area contributed by atoms with Crippen molar-refractivity contribution in [3.8, 4) is 16.9 Å². The molecule has 0 saturated carbocycles. The molecular formula is C23H32O. The van der Waals surface area contributed by atoms with E-state index in [0.29, 0.717) is 5.75 Å². The predicted octanol–water partition coefficient (Wildman–Crippen LogP) is 6.91. The zero-order chi connectivity index (χ0) is 17.2. The summed E-state index contributed by atoms with van der Waals surface area (Å²) in [6.07, 6.45) is 11.3. The molecule has 24 heavy (non-hydrogen) atoms. The van der Waals surface area contributed by atoms with Crippen molar-refractivity contribution in [1.29, 1.82) is 0 Å². The Bertz CT molecular complexity index is 601. The molecule has 0 unspecified atom stereocenters. The Morgan fingerprint density at radius 2 is 1.42 bits per heavy atom. The Kier molecular flexibility index (Phi) is 7.88. The molecule has 0 saturated heterocycles. The molecule has 0 amide bonds. The van der Waals surface area contributed by atoms with Crippen LogP contribution in [0.4, 0.5) is 0 Å². The summed E-state index contributed by atoms with van der Waals surface area (Å²) >= 11 is 0. The van der Waals surface area contributed by atoms with Crippen molar-refractivity contribution in [3.63, 3.8) is 0 Å². The van der Waals surface area contributed by atoms with E-state index in [4.69, 9.17) is 0 Å². The summed E-state index contributed by atoms with van der Waals surface area (Å²) in [7, 11) is 0. The topological polar surface area (TPSA) is 20.2 Å². The maximum atomic E-state index is 10.5. The van der Waals surface area contributed by atoms with Crippen LogP contribution in [0.15, 0.2) is 42.5 Å². The monoisotopic (exact) mass is 324 g/mol. The van der Waals surface area contributed by atoms with Gasteiger partial charge >= 0.3 is 0 Å². The van der Waals surface area contributed by atoms with Crippen LogP contribution in [-0.2, 0) is 12.8 Å². The lowest BCUT2D eigenvalue weighted by Gasteiger charge is -2.16. The average molecular weight is 325 g/mol. The number of rotatable bonds is 10. The summed E-state index contributed by atoms with van der Waals surface area (Å²) in [6.45, 7) is 4.47. The number of aromatic hydroxyl groups is 1. The maximum absolute atomic E-state index is 10.5. The first-order valence-electron chi connectivity index (χ1n) is 9.67. The van der Waals surface area contributed by atoms with Crippen LogP contribution in [0.1, 0.15) is 69.9 Å². The van der Waals surface area contributed by atoms with Gasteiger partial charge in [0, 0.05) is 5.56 Å². The molecule has 0 aliphatic heterocycles. The van der Waals surface area contributed by atoms with Crippen molar-refractivity contribution < 1.29 is 5.11 Å².